The minimum Gasteiger partial charge on any atom is -0.379 e. The van der Waals surface area contributed by atoms with Crippen molar-refractivity contribution in [2.24, 2.45) is 0 Å². The van der Waals surface area contributed by atoms with Crippen molar-refractivity contribution in [2.45, 2.75) is 31.7 Å². The molecule has 1 atom stereocenters. The van der Waals surface area contributed by atoms with E-state index in [2.05, 4.69) is 15.1 Å². The predicted molar refractivity (Wildman–Crippen MR) is 77.9 cm³/mol. The Bertz CT molecular complexity index is 269. The Morgan fingerprint density at radius 1 is 1.28 bits per heavy atom. The van der Waals surface area contributed by atoms with Crippen molar-refractivity contribution in [3.8, 4) is 0 Å². The zero-order valence-corrected chi connectivity index (χ0v) is 12.2. The average molecular weight is 271 g/mol. The van der Waals surface area contributed by atoms with E-state index in [4.69, 9.17) is 17.0 Å². The van der Waals surface area contributed by atoms with Crippen LogP contribution in [0.25, 0.3) is 0 Å². The number of nitrogens with zero attached hydrogens (tertiary/aromatic N) is 2. The summed E-state index contributed by atoms with van der Waals surface area (Å²) in [6, 6.07) is 0.626. The normalized spacial score (nSPS) is 26.1. The Hall–Kier alpha value is -0.390. The first-order valence-corrected chi connectivity index (χ1v) is 7.50. The lowest BCUT2D eigenvalue weighted by molar-refractivity contribution is 0.0337. The number of morpholine rings is 1. The first-order chi connectivity index (χ1) is 8.81. The third kappa shape index (κ3) is 3.80. The van der Waals surface area contributed by atoms with Gasteiger partial charge in [0.05, 0.1) is 13.2 Å². The molecule has 4 nitrogen and oxygen atoms in total. The summed E-state index contributed by atoms with van der Waals surface area (Å²) in [5.41, 5.74) is 0. The molecule has 18 heavy (non-hydrogen) atoms. The van der Waals surface area contributed by atoms with Gasteiger partial charge in [0.1, 0.15) is 0 Å². The van der Waals surface area contributed by atoms with Crippen molar-refractivity contribution >= 4 is 17.3 Å². The van der Waals surface area contributed by atoms with E-state index in [0.717, 1.165) is 38.0 Å². The predicted octanol–water partition coefficient (Wildman–Crippen LogP) is 1.07. The fraction of sp³-hybridized carbons (Fsp3) is 0.923. The summed E-state index contributed by atoms with van der Waals surface area (Å²) in [5.74, 6) is 0. The Morgan fingerprint density at radius 2 is 2.06 bits per heavy atom. The van der Waals surface area contributed by atoms with Crippen molar-refractivity contribution in [1.29, 1.82) is 0 Å². The molecule has 104 valence electrons. The smallest absolute Gasteiger partial charge is 0.168 e. The standard InChI is InChI=1S/C13H25N3OS/c1-14-13(18)16-6-3-2-4-12(16)5-7-15-8-10-17-11-9-15/h12H,2-11H2,1H3,(H,14,18)/t12-/m0/s1. The lowest BCUT2D eigenvalue weighted by atomic mass is 9.99. The van der Waals surface area contributed by atoms with E-state index in [9.17, 15) is 0 Å². The van der Waals surface area contributed by atoms with Crippen LogP contribution in [0, 0.1) is 0 Å². The third-order valence-corrected chi connectivity index (χ3v) is 4.42. The van der Waals surface area contributed by atoms with Gasteiger partial charge in [-0.15, -0.1) is 0 Å². The molecule has 2 heterocycles. The molecule has 0 amide bonds. The van der Waals surface area contributed by atoms with Crippen LogP contribution in [0.15, 0.2) is 0 Å². The molecule has 0 spiro atoms. The lowest BCUT2D eigenvalue weighted by Crippen LogP contribution is -2.49. The third-order valence-electron chi connectivity index (χ3n) is 3.98. The fourth-order valence-corrected chi connectivity index (χ4v) is 3.11. The van der Waals surface area contributed by atoms with Crippen molar-refractivity contribution < 1.29 is 4.74 Å². The summed E-state index contributed by atoms with van der Waals surface area (Å²) >= 11 is 5.40. The molecule has 5 heteroatoms. The van der Waals surface area contributed by atoms with Crippen LogP contribution in [0.5, 0.6) is 0 Å². The van der Waals surface area contributed by atoms with Gasteiger partial charge < -0.3 is 15.0 Å². The number of thiocarbonyl (C=S) groups is 1. The monoisotopic (exact) mass is 271 g/mol. The zero-order valence-electron chi connectivity index (χ0n) is 11.4. The highest BCUT2D eigenvalue weighted by atomic mass is 32.1. The highest BCUT2D eigenvalue weighted by Crippen LogP contribution is 2.20. The molecular formula is C13H25N3OS. The summed E-state index contributed by atoms with van der Waals surface area (Å²) in [4.78, 5) is 4.90. The molecule has 1 N–H and O–H groups in total. The van der Waals surface area contributed by atoms with Gasteiger partial charge in [0.2, 0.25) is 0 Å². The molecule has 2 aliphatic rings. The summed E-state index contributed by atoms with van der Waals surface area (Å²) < 4.78 is 5.39. The van der Waals surface area contributed by atoms with Gasteiger partial charge in [0, 0.05) is 39.3 Å². The van der Waals surface area contributed by atoms with E-state index in [0.29, 0.717) is 6.04 Å². The first kappa shape index (κ1) is 14.0. The van der Waals surface area contributed by atoms with E-state index < -0.39 is 0 Å². The van der Waals surface area contributed by atoms with Gasteiger partial charge in [-0.05, 0) is 37.9 Å². The molecule has 0 aromatic heterocycles. The highest BCUT2D eigenvalue weighted by Gasteiger charge is 2.24. The number of nitrogens with one attached hydrogen (secondary N) is 1. The molecule has 2 rings (SSSR count). The Kier molecular flexibility index (Phi) is 5.66. The first-order valence-electron chi connectivity index (χ1n) is 7.09. The van der Waals surface area contributed by atoms with Crippen molar-refractivity contribution in [2.75, 3.05) is 46.4 Å². The van der Waals surface area contributed by atoms with Crippen LogP contribution in [-0.4, -0.2) is 67.4 Å². The molecule has 2 aliphatic heterocycles. The lowest BCUT2D eigenvalue weighted by Gasteiger charge is -2.38. The summed E-state index contributed by atoms with van der Waals surface area (Å²) in [7, 11) is 1.93. The maximum Gasteiger partial charge on any atom is 0.168 e. The van der Waals surface area contributed by atoms with Crippen LogP contribution in [0.2, 0.25) is 0 Å². The minimum absolute atomic E-state index is 0.626. The van der Waals surface area contributed by atoms with Gasteiger partial charge in [-0.3, -0.25) is 4.90 Å². The molecular weight excluding hydrogens is 246 g/mol. The molecule has 0 saturated carbocycles. The number of hydrogen-bond acceptors (Lipinski definition) is 3. The van der Waals surface area contributed by atoms with Crippen LogP contribution in [0.4, 0.5) is 0 Å². The average Bonchev–Trinajstić information content (AvgIpc) is 2.45. The largest absolute Gasteiger partial charge is 0.379 e. The maximum atomic E-state index is 5.40. The van der Waals surface area contributed by atoms with E-state index in [-0.39, 0.29) is 0 Å². The fourth-order valence-electron chi connectivity index (χ4n) is 2.87. The zero-order chi connectivity index (χ0) is 12.8. The summed E-state index contributed by atoms with van der Waals surface area (Å²) in [6.07, 6.45) is 5.13. The summed E-state index contributed by atoms with van der Waals surface area (Å²) in [5, 5.41) is 4.04. The molecule has 0 aliphatic carbocycles. The molecule has 0 aromatic rings. The van der Waals surface area contributed by atoms with Gasteiger partial charge in [0.15, 0.2) is 5.11 Å². The minimum atomic E-state index is 0.626. The molecule has 0 bridgehead atoms. The topological polar surface area (TPSA) is 27.7 Å². The van der Waals surface area contributed by atoms with Gasteiger partial charge in [0.25, 0.3) is 0 Å². The number of rotatable bonds is 3. The van der Waals surface area contributed by atoms with Crippen molar-refractivity contribution in [3.63, 3.8) is 0 Å². The van der Waals surface area contributed by atoms with E-state index in [1.165, 1.54) is 32.2 Å². The van der Waals surface area contributed by atoms with Crippen LogP contribution >= 0.6 is 12.2 Å². The molecule has 0 radical (unpaired) electrons. The van der Waals surface area contributed by atoms with Gasteiger partial charge in [-0.1, -0.05) is 0 Å². The SMILES string of the molecule is CNC(=S)N1CCCC[C@H]1CCN1CCOCC1. The Labute approximate surface area is 116 Å². The summed E-state index contributed by atoms with van der Waals surface area (Å²) in [6.45, 7) is 6.25. The van der Waals surface area contributed by atoms with Gasteiger partial charge >= 0.3 is 0 Å². The molecule has 2 saturated heterocycles. The van der Waals surface area contributed by atoms with Crippen molar-refractivity contribution in [3.05, 3.63) is 0 Å². The van der Waals surface area contributed by atoms with E-state index in [1.54, 1.807) is 0 Å². The molecule has 0 unspecified atom stereocenters. The Morgan fingerprint density at radius 3 is 2.78 bits per heavy atom. The van der Waals surface area contributed by atoms with Gasteiger partial charge in [-0.2, -0.15) is 0 Å². The quantitative estimate of drug-likeness (QED) is 0.775. The van der Waals surface area contributed by atoms with Crippen LogP contribution < -0.4 is 5.32 Å². The number of piperidine rings is 1. The van der Waals surface area contributed by atoms with Crippen LogP contribution in [0.3, 0.4) is 0 Å². The highest BCUT2D eigenvalue weighted by molar-refractivity contribution is 7.80. The van der Waals surface area contributed by atoms with E-state index in [1.807, 2.05) is 7.05 Å². The number of likely N-dealkylation sites (tertiary alicyclic amines) is 1. The van der Waals surface area contributed by atoms with E-state index >= 15 is 0 Å². The number of ether oxygens (including phenoxy) is 1. The molecule has 0 aromatic carbocycles. The second-order valence-electron chi connectivity index (χ2n) is 5.14. The Balaban J connectivity index is 1.79. The molecule has 2 fully saturated rings. The van der Waals surface area contributed by atoms with Gasteiger partial charge in [-0.25, -0.2) is 0 Å². The van der Waals surface area contributed by atoms with Crippen molar-refractivity contribution in [1.82, 2.24) is 15.1 Å². The van der Waals surface area contributed by atoms with Crippen LogP contribution in [-0.2, 0) is 4.74 Å². The second kappa shape index (κ2) is 7.26. The second-order valence-corrected chi connectivity index (χ2v) is 5.53. The van der Waals surface area contributed by atoms with Crippen LogP contribution in [0.1, 0.15) is 25.7 Å². The maximum absolute atomic E-state index is 5.40. The number of hydrogen-bond donors (Lipinski definition) is 1.